The first-order valence-corrected chi connectivity index (χ1v) is 9.44. The van der Waals surface area contributed by atoms with E-state index in [0.717, 1.165) is 28.7 Å². The Labute approximate surface area is 146 Å². The molecule has 1 saturated carbocycles. The van der Waals surface area contributed by atoms with Gasteiger partial charge >= 0.3 is 0 Å². The largest absolute Gasteiger partial charge is 0.298 e. The van der Waals surface area contributed by atoms with E-state index < -0.39 is 0 Å². The van der Waals surface area contributed by atoms with Crippen LogP contribution in [0.3, 0.4) is 0 Å². The number of aromatic nitrogens is 3. The van der Waals surface area contributed by atoms with Crippen molar-refractivity contribution in [3.8, 4) is 10.7 Å². The fourth-order valence-electron chi connectivity index (χ4n) is 2.56. The van der Waals surface area contributed by atoms with E-state index in [1.54, 1.807) is 29.5 Å². The van der Waals surface area contributed by atoms with Crippen LogP contribution in [-0.2, 0) is 5.75 Å². The van der Waals surface area contributed by atoms with Gasteiger partial charge in [-0.2, -0.15) is 0 Å². The molecule has 4 rings (SSSR count). The number of benzene rings is 1. The SMILES string of the molecule is O=[N+]([O-])c1ccccc1CSc1nnc(-c2cccs2)n1C1CC1. The molecule has 0 spiro atoms. The van der Waals surface area contributed by atoms with Crippen LogP contribution in [-0.4, -0.2) is 19.7 Å². The summed E-state index contributed by atoms with van der Waals surface area (Å²) in [5, 5.41) is 22.7. The van der Waals surface area contributed by atoms with Crippen LogP contribution in [0.1, 0.15) is 24.4 Å². The van der Waals surface area contributed by atoms with Gasteiger partial charge in [0.25, 0.3) is 5.69 Å². The number of thiophene rings is 1. The summed E-state index contributed by atoms with van der Waals surface area (Å²) in [6, 6.07) is 11.3. The molecule has 2 aromatic heterocycles. The zero-order valence-electron chi connectivity index (χ0n) is 12.7. The summed E-state index contributed by atoms with van der Waals surface area (Å²) in [5.41, 5.74) is 0.858. The molecule has 0 aliphatic heterocycles. The highest BCUT2D eigenvalue weighted by Gasteiger charge is 2.30. The number of thioether (sulfide) groups is 1. The number of hydrogen-bond donors (Lipinski definition) is 0. The monoisotopic (exact) mass is 358 g/mol. The normalized spacial score (nSPS) is 14.0. The maximum absolute atomic E-state index is 11.1. The van der Waals surface area contributed by atoms with E-state index in [4.69, 9.17) is 0 Å². The summed E-state index contributed by atoms with van der Waals surface area (Å²) in [4.78, 5) is 11.9. The second-order valence-corrected chi connectivity index (χ2v) is 7.45. The van der Waals surface area contributed by atoms with E-state index >= 15 is 0 Å². The van der Waals surface area contributed by atoms with Gasteiger partial charge in [0.05, 0.1) is 9.80 Å². The van der Waals surface area contributed by atoms with Gasteiger partial charge in [0.2, 0.25) is 0 Å². The first-order chi connectivity index (χ1) is 11.7. The number of para-hydroxylation sites is 1. The Kier molecular flexibility index (Phi) is 4.07. The average Bonchev–Trinajstić information content (AvgIpc) is 3.11. The van der Waals surface area contributed by atoms with E-state index in [1.807, 2.05) is 23.6 Å². The molecule has 1 aromatic carbocycles. The number of nitro benzene ring substituents is 1. The Morgan fingerprint density at radius 2 is 2.08 bits per heavy atom. The van der Waals surface area contributed by atoms with Crippen LogP contribution in [0, 0.1) is 10.1 Å². The highest BCUT2D eigenvalue weighted by Crippen LogP contribution is 2.42. The van der Waals surface area contributed by atoms with Crippen molar-refractivity contribution in [2.45, 2.75) is 29.8 Å². The van der Waals surface area contributed by atoms with Gasteiger partial charge in [-0.05, 0) is 24.3 Å². The Bertz CT molecular complexity index is 872. The van der Waals surface area contributed by atoms with Crippen molar-refractivity contribution in [3.63, 3.8) is 0 Å². The van der Waals surface area contributed by atoms with Crippen molar-refractivity contribution in [3.05, 3.63) is 57.5 Å². The standard InChI is InChI=1S/C16H14N4O2S2/c21-20(22)13-5-2-1-4-11(13)10-24-16-18-17-15(14-6-3-9-23-14)19(16)12-7-8-12/h1-6,9,12H,7-8,10H2. The van der Waals surface area contributed by atoms with Crippen molar-refractivity contribution in [1.82, 2.24) is 14.8 Å². The molecule has 8 heteroatoms. The summed E-state index contributed by atoms with van der Waals surface area (Å²) in [6.07, 6.45) is 2.27. The Morgan fingerprint density at radius 3 is 2.79 bits per heavy atom. The Balaban J connectivity index is 1.61. The molecule has 0 amide bonds. The van der Waals surface area contributed by atoms with Crippen LogP contribution < -0.4 is 0 Å². The first kappa shape index (κ1) is 15.3. The van der Waals surface area contributed by atoms with E-state index in [1.165, 1.54) is 11.8 Å². The molecule has 0 saturated heterocycles. The minimum absolute atomic E-state index is 0.154. The molecule has 0 unspecified atom stereocenters. The summed E-state index contributed by atoms with van der Waals surface area (Å²) < 4.78 is 2.19. The third-order valence-corrected chi connectivity index (χ3v) is 5.72. The van der Waals surface area contributed by atoms with Gasteiger partial charge in [0.1, 0.15) is 0 Å². The lowest BCUT2D eigenvalue weighted by atomic mass is 10.2. The number of nitrogens with zero attached hydrogens (tertiary/aromatic N) is 4. The lowest BCUT2D eigenvalue weighted by Gasteiger charge is -2.08. The van der Waals surface area contributed by atoms with Crippen molar-refractivity contribution in [2.24, 2.45) is 0 Å². The highest BCUT2D eigenvalue weighted by atomic mass is 32.2. The van der Waals surface area contributed by atoms with Crippen LogP contribution in [0.15, 0.2) is 46.9 Å². The van der Waals surface area contributed by atoms with Crippen LogP contribution in [0.4, 0.5) is 5.69 Å². The van der Waals surface area contributed by atoms with Crippen LogP contribution in [0.5, 0.6) is 0 Å². The van der Waals surface area contributed by atoms with Gasteiger partial charge in [-0.3, -0.25) is 14.7 Å². The number of hydrogen-bond acceptors (Lipinski definition) is 6. The van der Waals surface area contributed by atoms with Gasteiger partial charge in [0, 0.05) is 23.4 Å². The van der Waals surface area contributed by atoms with E-state index in [9.17, 15) is 10.1 Å². The van der Waals surface area contributed by atoms with Crippen LogP contribution >= 0.6 is 23.1 Å². The lowest BCUT2D eigenvalue weighted by molar-refractivity contribution is -0.385. The fraction of sp³-hybridized carbons (Fsp3) is 0.250. The molecule has 0 bridgehead atoms. The highest BCUT2D eigenvalue weighted by molar-refractivity contribution is 7.98. The van der Waals surface area contributed by atoms with Gasteiger partial charge in [-0.25, -0.2) is 0 Å². The summed E-state index contributed by atoms with van der Waals surface area (Å²) in [6.45, 7) is 0. The van der Waals surface area contributed by atoms with E-state index in [2.05, 4.69) is 14.8 Å². The molecule has 1 aliphatic carbocycles. The maximum atomic E-state index is 11.1. The molecule has 1 aliphatic rings. The second kappa shape index (κ2) is 6.37. The van der Waals surface area contributed by atoms with Gasteiger partial charge in [-0.15, -0.1) is 21.5 Å². The van der Waals surface area contributed by atoms with E-state index in [-0.39, 0.29) is 10.6 Å². The Morgan fingerprint density at radius 1 is 1.25 bits per heavy atom. The molecule has 0 atom stereocenters. The molecule has 2 heterocycles. The zero-order chi connectivity index (χ0) is 16.5. The lowest BCUT2D eigenvalue weighted by Crippen LogP contribution is -1.99. The summed E-state index contributed by atoms with van der Waals surface area (Å²) in [5.74, 6) is 1.41. The zero-order valence-corrected chi connectivity index (χ0v) is 14.3. The first-order valence-electron chi connectivity index (χ1n) is 7.58. The summed E-state index contributed by atoms with van der Waals surface area (Å²) in [7, 11) is 0. The molecule has 24 heavy (non-hydrogen) atoms. The average molecular weight is 358 g/mol. The third kappa shape index (κ3) is 2.94. The van der Waals surface area contributed by atoms with Gasteiger partial charge in [0.15, 0.2) is 11.0 Å². The number of rotatable bonds is 6. The van der Waals surface area contributed by atoms with Crippen LogP contribution in [0.25, 0.3) is 10.7 Å². The third-order valence-electron chi connectivity index (χ3n) is 3.86. The van der Waals surface area contributed by atoms with Crippen LogP contribution in [0.2, 0.25) is 0 Å². The van der Waals surface area contributed by atoms with Crippen molar-refractivity contribution in [1.29, 1.82) is 0 Å². The molecular weight excluding hydrogens is 344 g/mol. The predicted octanol–water partition coefficient (Wildman–Crippen LogP) is 4.54. The molecule has 1 fully saturated rings. The number of nitro groups is 1. The minimum atomic E-state index is -0.335. The Hall–Kier alpha value is -2.19. The minimum Gasteiger partial charge on any atom is -0.298 e. The smallest absolute Gasteiger partial charge is 0.273 e. The topological polar surface area (TPSA) is 73.8 Å². The molecule has 122 valence electrons. The van der Waals surface area contributed by atoms with E-state index in [0.29, 0.717) is 17.4 Å². The summed E-state index contributed by atoms with van der Waals surface area (Å²) >= 11 is 3.16. The predicted molar refractivity (Wildman–Crippen MR) is 94.3 cm³/mol. The van der Waals surface area contributed by atoms with Gasteiger partial charge in [-0.1, -0.05) is 36.0 Å². The molecule has 0 N–H and O–H groups in total. The molecule has 3 aromatic rings. The van der Waals surface area contributed by atoms with Gasteiger partial charge < -0.3 is 0 Å². The second-order valence-electron chi connectivity index (χ2n) is 5.56. The molecule has 0 radical (unpaired) electrons. The van der Waals surface area contributed by atoms with Crippen molar-refractivity contribution < 1.29 is 4.92 Å². The maximum Gasteiger partial charge on any atom is 0.273 e. The molecular formula is C16H14N4O2S2. The quantitative estimate of drug-likeness (QED) is 0.367. The van der Waals surface area contributed by atoms with Crippen molar-refractivity contribution >= 4 is 28.8 Å². The molecule has 6 nitrogen and oxygen atoms in total. The fourth-order valence-corrected chi connectivity index (χ4v) is 4.27. The van der Waals surface area contributed by atoms with Crippen molar-refractivity contribution in [2.75, 3.05) is 0 Å².